The van der Waals surface area contributed by atoms with Crippen molar-refractivity contribution >= 4 is 5.91 Å². The van der Waals surface area contributed by atoms with Gasteiger partial charge in [-0.15, -0.1) is 0 Å². The van der Waals surface area contributed by atoms with Gasteiger partial charge in [0.15, 0.2) is 0 Å². The van der Waals surface area contributed by atoms with Crippen LogP contribution in [0.3, 0.4) is 0 Å². The molecule has 124 valence electrons. The predicted molar refractivity (Wildman–Crippen MR) is 89.7 cm³/mol. The van der Waals surface area contributed by atoms with Crippen molar-refractivity contribution in [2.24, 2.45) is 11.8 Å². The summed E-state index contributed by atoms with van der Waals surface area (Å²) >= 11 is 0. The number of aryl methyl sites for hydroxylation is 1. The first kappa shape index (κ1) is 15.0. The molecule has 2 aliphatic heterocycles. The number of amides is 1. The summed E-state index contributed by atoms with van der Waals surface area (Å²) in [5.74, 6) is 2.54. The number of piperidine rings is 1. The first-order valence-corrected chi connectivity index (χ1v) is 8.97. The zero-order valence-electron chi connectivity index (χ0n) is 13.9. The second-order valence-corrected chi connectivity index (χ2v) is 7.41. The van der Waals surface area contributed by atoms with Crippen molar-refractivity contribution in [2.75, 3.05) is 26.2 Å². The lowest BCUT2D eigenvalue weighted by Gasteiger charge is -2.22. The van der Waals surface area contributed by atoms with Crippen LogP contribution in [-0.2, 0) is 6.54 Å². The maximum Gasteiger partial charge on any atom is 0.254 e. The average molecular weight is 314 g/mol. The van der Waals surface area contributed by atoms with E-state index in [0.29, 0.717) is 5.92 Å². The van der Waals surface area contributed by atoms with Gasteiger partial charge in [0.05, 0.1) is 6.61 Å². The van der Waals surface area contributed by atoms with E-state index in [2.05, 4.69) is 11.4 Å². The molecule has 4 nitrogen and oxygen atoms in total. The Labute approximate surface area is 138 Å². The lowest BCUT2D eigenvalue weighted by Crippen LogP contribution is -2.30. The van der Waals surface area contributed by atoms with E-state index in [4.69, 9.17) is 4.74 Å². The summed E-state index contributed by atoms with van der Waals surface area (Å²) in [6.07, 6.45) is 4.95. The summed E-state index contributed by atoms with van der Waals surface area (Å²) in [5.41, 5.74) is 3.13. The number of nitrogens with one attached hydrogen (secondary N) is 1. The van der Waals surface area contributed by atoms with E-state index in [0.717, 1.165) is 61.1 Å². The van der Waals surface area contributed by atoms with E-state index >= 15 is 0 Å². The third-order valence-corrected chi connectivity index (χ3v) is 5.37. The van der Waals surface area contributed by atoms with Gasteiger partial charge >= 0.3 is 0 Å². The van der Waals surface area contributed by atoms with Gasteiger partial charge in [-0.2, -0.15) is 0 Å². The van der Waals surface area contributed by atoms with Gasteiger partial charge < -0.3 is 15.0 Å². The smallest absolute Gasteiger partial charge is 0.254 e. The van der Waals surface area contributed by atoms with Crippen molar-refractivity contribution in [3.8, 4) is 5.75 Å². The molecule has 1 aromatic carbocycles. The third-order valence-electron chi connectivity index (χ3n) is 5.37. The highest BCUT2D eigenvalue weighted by Crippen LogP contribution is 2.35. The number of rotatable bonds is 5. The summed E-state index contributed by atoms with van der Waals surface area (Å²) in [4.78, 5) is 14.6. The zero-order chi connectivity index (χ0) is 15.8. The first-order valence-electron chi connectivity index (χ1n) is 8.97. The minimum Gasteiger partial charge on any atom is -0.493 e. The number of fused-ring (bicyclic) bond motifs is 1. The minimum atomic E-state index is 0.217. The molecule has 0 spiro atoms. The van der Waals surface area contributed by atoms with Gasteiger partial charge in [-0.25, -0.2) is 0 Å². The molecule has 1 aromatic rings. The van der Waals surface area contributed by atoms with Crippen LogP contribution in [0.2, 0.25) is 0 Å². The highest BCUT2D eigenvalue weighted by molar-refractivity contribution is 6.00. The second-order valence-electron chi connectivity index (χ2n) is 7.41. The highest BCUT2D eigenvalue weighted by atomic mass is 16.5. The van der Waals surface area contributed by atoms with E-state index in [1.807, 2.05) is 17.9 Å². The van der Waals surface area contributed by atoms with Crippen LogP contribution in [0.4, 0.5) is 0 Å². The molecule has 3 aliphatic rings. The topological polar surface area (TPSA) is 41.6 Å². The molecule has 0 unspecified atom stereocenters. The summed E-state index contributed by atoms with van der Waals surface area (Å²) in [5, 5.41) is 3.39. The Hall–Kier alpha value is -1.55. The maximum absolute atomic E-state index is 12.6. The first-order chi connectivity index (χ1) is 11.2. The Bertz CT molecular complexity index is 604. The maximum atomic E-state index is 12.6. The summed E-state index contributed by atoms with van der Waals surface area (Å²) < 4.78 is 6.06. The van der Waals surface area contributed by atoms with E-state index < -0.39 is 0 Å². The van der Waals surface area contributed by atoms with Crippen LogP contribution in [-0.4, -0.2) is 37.0 Å². The molecule has 4 rings (SSSR count). The van der Waals surface area contributed by atoms with Crippen molar-refractivity contribution < 1.29 is 9.53 Å². The van der Waals surface area contributed by atoms with Crippen molar-refractivity contribution in [2.45, 2.75) is 39.2 Å². The number of ether oxygens (including phenoxy) is 1. The van der Waals surface area contributed by atoms with Gasteiger partial charge in [0.25, 0.3) is 5.91 Å². The Morgan fingerprint density at radius 1 is 1.17 bits per heavy atom. The van der Waals surface area contributed by atoms with Gasteiger partial charge in [-0.05, 0) is 80.8 Å². The van der Waals surface area contributed by atoms with Gasteiger partial charge in [0.1, 0.15) is 5.75 Å². The van der Waals surface area contributed by atoms with Crippen LogP contribution in [0.15, 0.2) is 12.1 Å². The van der Waals surface area contributed by atoms with Crippen molar-refractivity contribution in [3.05, 3.63) is 28.8 Å². The molecule has 1 amide bonds. The number of hydrogen-bond acceptors (Lipinski definition) is 3. The quantitative estimate of drug-likeness (QED) is 0.908. The fourth-order valence-electron chi connectivity index (χ4n) is 3.80. The number of benzene rings is 1. The van der Waals surface area contributed by atoms with Crippen LogP contribution >= 0.6 is 0 Å². The lowest BCUT2D eigenvalue weighted by atomic mass is 9.99. The van der Waals surface area contributed by atoms with Gasteiger partial charge in [0, 0.05) is 18.7 Å². The molecule has 1 saturated heterocycles. The zero-order valence-corrected chi connectivity index (χ0v) is 13.9. The number of carbonyl (C=O) groups excluding carboxylic acids is 1. The molecule has 1 N–H and O–H groups in total. The fraction of sp³-hybridized carbons (Fsp3) is 0.632. The standard InChI is InChI=1S/C19H26N2O2/c1-13-8-17(23-12-15-4-6-20-7-5-15)9-16-11-21(10-14-2-3-14)19(22)18(13)16/h8-9,14-15,20H,2-7,10-12H2,1H3. The fourth-order valence-corrected chi connectivity index (χ4v) is 3.80. The SMILES string of the molecule is Cc1cc(OCC2CCNCC2)cc2c1C(=O)N(CC1CC1)C2. The van der Waals surface area contributed by atoms with Crippen LogP contribution in [0, 0.1) is 18.8 Å². The van der Waals surface area contributed by atoms with Crippen LogP contribution in [0.25, 0.3) is 0 Å². The summed E-state index contributed by atoms with van der Waals surface area (Å²) in [7, 11) is 0. The summed E-state index contributed by atoms with van der Waals surface area (Å²) in [6.45, 7) is 6.71. The van der Waals surface area contributed by atoms with E-state index in [1.165, 1.54) is 25.7 Å². The van der Waals surface area contributed by atoms with Gasteiger partial charge in [-0.1, -0.05) is 0 Å². The molecule has 2 heterocycles. The van der Waals surface area contributed by atoms with E-state index in [1.54, 1.807) is 0 Å². The minimum absolute atomic E-state index is 0.217. The van der Waals surface area contributed by atoms with E-state index in [-0.39, 0.29) is 5.91 Å². The number of carbonyl (C=O) groups is 1. The highest BCUT2D eigenvalue weighted by Gasteiger charge is 2.33. The Balaban J connectivity index is 1.44. The molecular weight excluding hydrogens is 288 g/mol. The lowest BCUT2D eigenvalue weighted by molar-refractivity contribution is 0.0770. The molecule has 0 radical (unpaired) electrons. The number of hydrogen-bond donors (Lipinski definition) is 1. The molecule has 0 bridgehead atoms. The number of nitrogens with zero attached hydrogens (tertiary/aromatic N) is 1. The molecule has 1 saturated carbocycles. The van der Waals surface area contributed by atoms with Crippen molar-refractivity contribution in [3.63, 3.8) is 0 Å². The molecule has 0 atom stereocenters. The van der Waals surface area contributed by atoms with Crippen LogP contribution < -0.4 is 10.1 Å². The van der Waals surface area contributed by atoms with Gasteiger partial charge in [0.2, 0.25) is 0 Å². The van der Waals surface area contributed by atoms with Crippen molar-refractivity contribution in [1.82, 2.24) is 10.2 Å². The van der Waals surface area contributed by atoms with Crippen LogP contribution in [0.1, 0.15) is 47.2 Å². The molecule has 23 heavy (non-hydrogen) atoms. The predicted octanol–water partition coefficient (Wildman–Crippen LogP) is 2.74. The summed E-state index contributed by atoms with van der Waals surface area (Å²) in [6, 6.07) is 4.13. The Morgan fingerprint density at radius 2 is 1.96 bits per heavy atom. The Kier molecular flexibility index (Phi) is 4.02. The largest absolute Gasteiger partial charge is 0.493 e. The molecule has 0 aromatic heterocycles. The van der Waals surface area contributed by atoms with Crippen LogP contribution in [0.5, 0.6) is 5.75 Å². The normalized spacial score (nSPS) is 21.6. The molecule has 1 aliphatic carbocycles. The Morgan fingerprint density at radius 3 is 2.70 bits per heavy atom. The molecule has 4 heteroatoms. The van der Waals surface area contributed by atoms with E-state index in [9.17, 15) is 4.79 Å². The average Bonchev–Trinajstić information content (AvgIpc) is 3.31. The monoisotopic (exact) mass is 314 g/mol. The third kappa shape index (κ3) is 3.23. The molecular formula is C19H26N2O2. The second kappa shape index (κ2) is 6.16. The molecule has 2 fully saturated rings. The van der Waals surface area contributed by atoms with Gasteiger partial charge in [-0.3, -0.25) is 4.79 Å². The van der Waals surface area contributed by atoms with Crippen molar-refractivity contribution in [1.29, 1.82) is 0 Å².